The summed E-state index contributed by atoms with van der Waals surface area (Å²) in [7, 11) is 0. The van der Waals surface area contributed by atoms with Gasteiger partial charge in [0.2, 0.25) is 0 Å². The van der Waals surface area contributed by atoms with Gasteiger partial charge in [-0.1, -0.05) is 54.6 Å². The van der Waals surface area contributed by atoms with E-state index in [0.717, 1.165) is 32.7 Å². The van der Waals surface area contributed by atoms with Crippen molar-refractivity contribution in [3.05, 3.63) is 72.8 Å². The van der Waals surface area contributed by atoms with Gasteiger partial charge in [0.15, 0.2) is 0 Å². The van der Waals surface area contributed by atoms with Gasteiger partial charge in [0, 0.05) is 54.5 Å². The highest BCUT2D eigenvalue weighted by molar-refractivity contribution is 6.09. The zero-order valence-corrected chi connectivity index (χ0v) is 16.6. The van der Waals surface area contributed by atoms with E-state index in [4.69, 9.17) is 0 Å². The summed E-state index contributed by atoms with van der Waals surface area (Å²) in [6, 6.07) is 25.7. The van der Waals surface area contributed by atoms with Gasteiger partial charge in [-0.2, -0.15) is 0 Å². The molecule has 0 spiro atoms. The van der Waals surface area contributed by atoms with Crippen LogP contribution in [0.25, 0.3) is 32.9 Å². The number of hydrogen-bond acceptors (Lipinski definition) is 3. The molecular formula is C25H27N3O. The van der Waals surface area contributed by atoms with Crippen molar-refractivity contribution in [1.82, 2.24) is 14.8 Å². The number of nitrogens with one attached hydrogen (secondary N) is 1. The Bertz CT molecular complexity index is 1110. The molecular weight excluding hydrogens is 358 g/mol. The van der Waals surface area contributed by atoms with E-state index >= 15 is 0 Å². The summed E-state index contributed by atoms with van der Waals surface area (Å²) in [6.07, 6.45) is -0.388. The molecule has 0 radical (unpaired) electrons. The molecule has 3 aromatic carbocycles. The number of fused-ring (bicyclic) bond motifs is 3. The summed E-state index contributed by atoms with van der Waals surface area (Å²) in [5.41, 5.74) is 4.82. The first kappa shape index (κ1) is 18.4. The number of benzene rings is 3. The number of rotatable bonds is 5. The molecule has 1 saturated heterocycles. The zero-order chi connectivity index (χ0) is 19.6. The summed E-state index contributed by atoms with van der Waals surface area (Å²) in [4.78, 5) is 2.35. The average Bonchev–Trinajstić information content (AvgIpc) is 3.08. The first-order chi connectivity index (χ1) is 14.3. The van der Waals surface area contributed by atoms with E-state index in [1.807, 2.05) is 6.07 Å². The summed E-state index contributed by atoms with van der Waals surface area (Å²) >= 11 is 0. The molecule has 2 heterocycles. The van der Waals surface area contributed by atoms with E-state index in [9.17, 15) is 5.11 Å². The molecule has 1 aliphatic heterocycles. The Balaban J connectivity index is 1.52. The Morgan fingerprint density at radius 1 is 0.759 bits per heavy atom. The van der Waals surface area contributed by atoms with Gasteiger partial charge in [0.25, 0.3) is 0 Å². The minimum Gasteiger partial charge on any atom is -0.390 e. The van der Waals surface area contributed by atoms with Crippen molar-refractivity contribution in [2.24, 2.45) is 0 Å². The van der Waals surface area contributed by atoms with Gasteiger partial charge in [-0.15, -0.1) is 0 Å². The van der Waals surface area contributed by atoms with Crippen molar-refractivity contribution < 1.29 is 5.11 Å². The molecule has 4 aromatic rings. The lowest BCUT2D eigenvalue weighted by atomic mass is 10.0. The van der Waals surface area contributed by atoms with Gasteiger partial charge in [0.05, 0.1) is 12.6 Å². The third-order valence-electron chi connectivity index (χ3n) is 5.95. The van der Waals surface area contributed by atoms with E-state index in [1.165, 1.54) is 32.9 Å². The molecule has 4 nitrogen and oxygen atoms in total. The van der Waals surface area contributed by atoms with Gasteiger partial charge in [-0.25, -0.2) is 0 Å². The summed E-state index contributed by atoms with van der Waals surface area (Å²) in [5.74, 6) is 0. The number of aliphatic hydroxyl groups excluding tert-OH is 1. The largest absolute Gasteiger partial charge is 0.390 e. The summed E-state index contributed by atoms with van der Waals surface area (Å²) < 4.78 is 2.28. The number of hydrogen-bond donors (Lipinski definition) is 2. The average molecular weight is 386 g/mol. The molecule has 0 bridgehead atoms. The van der Waals surface area contributed by atoms with Crippen LogP contribution in [0.15, 0.2) is 72.8 Å². The van der Waals surface area contributed by atoms with Crippen molar-refractivity contribution in [1.29, 1.82) is 0 Å². The molecule has 0 aliphatic carbocycles. The van der Waals surface area contributed by atoms with Crippen molar-refractivity contribution in [3.63, 3.8) is 0 Å². The minimum atomic E-state index is -0.388. The Morgan fingerprint density at radius 2 is 1.48 bits per heavy atom. The van der Waals surface area contributed by atoms with Crippen LogP contribution in [0.1, 0.15) is 0 Å². The minimum absolute atomic E-state index is 0.388. The van der Waals surface area contributed by atoms with Crippen LogP contribution in [0.4, 0.5) is 0 Å². The van der Waals surface area contributed by atoms with Gasteiger partial charge in [-0.05, 0) is 29.3 Å². The molecule has 0 saturated carbocycles. The van der Waals surface area contributed by atoms with Gasteiger partial charge < -0.3 is 15.0 Å². The standard InChI is InChI=1S/C25H27N3O/c29-21(17-27-14-12-26-13-15-27)18-28-24-9-5-4-8-22(24)23-16-20(10-11-25(23)28)19-6-2-1-3-7-19/h1-11,16,21,26,29H,12-15,17-18H2. The Hall–Kier alpha value is -2.66. The monoisotopic (exact) mass is 385 g/mol. The van der Waals surface area contributed by atoms with E-state index in [-0.39, 0.29) is 6.10 Å². The third kappa shape index (κ3) is 3.67. The van der Waals surface area contributed by atoms with Crippen LogP contribution in [0.3, 0.4) is 0 Å². The lowest BCUT2D eigenvalue weighted by Gasteiger charge is -2.29. The number of para-hydroxylation sites is 1. The lowest BCUT2D eigenvalue weighted by molar-refractivity contribution is 0.0936. The molecule has 1 fully saturated rings. The predicted octanol–water partition coefficient (Wildman–Crippen LogP) is 3.73. The third-order valence-corrected chi connectivity index (χ3v) is 5.95. The van der Waals surface area contributed by atoms with Crippen LogP contribution in [0.2, 0.25) is 0 Å². The molecule has 1 atom stereocenters. The number of nitrogens with zero attached hydrogens (tertiary/aromatic N) is 2. The highest BCUT2D eigenvalue weighted by atomic mass is 16.3. The van der Waals surface area contributed by atoms with Crippen LogP contribution < -0.4 is 5.32 Å². The Kier molecular flexibility index (Phi) is 5.06. The van der Waals surface area contributed by atoms with E-state index in [2.05, 4.69) is 81.5 Å². The molecule has 5 rings (SSSR count). The quantitative estimate of drug-likeness (QED) is 0.550. The number of aromatic nitrogens is 1. The van der Waals surface area contributed by atoms with Crippen LogP contribution in [0.5, 0.6) is 0 Å². The molecule has 1 unspecified atom stereocenters. The first-order valence-electron chi connectivity index (χ1n) is 10.5. The van der Waals surface area contributed by atoms with Crippen molar-refractivity contribution in [2.45, 2.75) is 12.6 Å². The molecule has 1 aliphatic rings. The van der Waals surface area contributed by atoms with Crippen molar-refractivity contribution in [3.8, 4) is 11.1 Å². The molecule has 2 N–H and O–H groups in total. The Labute approximate surface area is 171 Å². The summed E-state index contributed by atoms with van der Waals surface area (Å²) in [6.45, 7) is 5.35. The highest BCUT2D eigenvalue weighted by Crippen LogP contribution is 2.32. The SMILES string of the molecule is OC(CN1CCNCC1)Cn1c2ccccc2c2cc(-c3ccccc3)ccc21. The molecule has 4 heteroatoms. The second kappa shape index (κ2) is 7.99. The molecule has 1 aromatic heterocycles. The van der Waals surface area contributed by atoms with Crippen LogP contribution in [0, 0.1) is 0 Å². The maximum absolute atomic E-state index is 10.8. The van der Waals surface area contributed by atoms with Gasteiger partial charge in [-0.3, -0.25) is 4.90 Å². The smallest absolute Gasteiger partial charge is 0.0845 e. The predicted molar refractivity (Wildman–Crippen MR) is 120 cm³/mol. The zero-order valence-electron chi connectivity index (χ0n) is 16.6. The fourth-order valence-electron chi connectivity index (χ4n) is 4.52. The Morgan fingerprint density at radius 3 is 2.31 bits per heavy atom. The number of β-amino-alcohol motifs (C(OH)–C–C–N with tert-alkyl or cyclic N) is 1. The number of piperazine rings is 1. The first-order valence-corrected chi connectivity index (χ1v) is 10.5. The number of aliphatic hydroxyl groups is 1. The lowest BCUT2D eigenvalue weighted by Crippen LogP contribution is -2.46. The summed E-state index contributed by atoms with van der Waals surface area (Å²) in [5, 5.41) is 16.7. The van der Waals surface area contributed by atoms with Crippen LogP contribution >= 0.6 is 0 Å². The van der Waals surface area contributed by atoms with Crippen LogP contribution in [-0.4, -0.2) is 53.4 Å². The highest BCUT2D eigenvalue weighted by Gasteiger charge is 2.18. The van der Waals surface area contributed by atoms with Gasteiger partial charge >= 0.3 is 0 Å². The fraction of sp³-hybridized carbons (Fsp3) is 0.280. The van der Waals surface area contributed by atoms with E-state index < -0.39 is 0 Å². The van der Waals surface area contributed by atoms with Crippen molar-refractivity contribution in [2.75, 3.05) is 32.7 Å². The molecule has 148 valence electrons. The normalized spacial score (nSPS) is 16.4. The maximum Gasteiger partial charge on any atom is 0.0845 e. The molecule has 29 heavy (non-hydrogen) atoms. The second-order valence-electron chi connectivity index (χ2n) is 7.93. The van der Waals surface area contributed by atoms with Gasteiger partial charge in [0.1, 0.15) is 0 Å². The van der Waals surface area contributed by atoms with Crippen LogP contribution in [-0.2, 0) is 6.54 Å². The molecule has 0 amide bonds. The maximum atomic E-state index is 10.8. The van der Waals surface area contributed by atoms with E-state index in [0.29, 0.717) is 6.54 Å². The fourth-order valence-corrected chi connectivity index (χ4v) is 4.52. The van der Waals surface area contributed by atoms with E-state index in [1.54, 1.807) is 0 Å². The second-order valence-corrected chi connectivity index (χ2v) is 7.93. The topological polar surface area (TPSA) is 40.4 Å². The van der Waals surface area contributed by atoms with Crippen molar-refractivity contribution >= 4 is 21.8 Å².